The molecule has 6 nitrogen and oxygen atoms in total. The number of aromatic nitrogens is 1. The molecule has 0 saturated heterocycles. The first-order chi connectivity index (χ1) is 15.7. The average Bonchev–Trinajstić information content (AvgIpc) is 3.40. The summed E-state index contributed by atoms with van der Waals surface area (Å²) in [7, 11) is -3.95. The maximum Gasteiger partial charge on any atom is 0.303 e. The van der Waals surface area contributed by atoms with Gasteiger partial charge in [-0.1, -0.05) is 11.6 Å². The number of aliphatic carboxylic acids is 1. The fraction of sp³-hybridized carbons (Fsp3) is 0.261. The molecule has 0 unspecified atom stereocenters. The number of hydrogen-bond acceptors (Lipinski definition) is 5. The molecule has 1 aliphatic rings. The Labute approximate surface area is 199 Å². The largest absolute Gasteiger partial charge is 0.494 e. The first-order valence-corrected chi connectivity index (χ1v) is 12.9. The van der Waals surface area contributed by atoms with Crippen molar-refractivity contribution in [2.24, 2.45) is 0 Å². The Balaban J connectivity index is 1.77. The Morgan fingerprint density at radius 3 is 2.76 bits per heavy atom. The summed E-state index contributed by atoms with van der Waals surface area (Å²) < 4.78 is 47.5. The second-order valence-corrected chi connectivity index (χ2v) is 11.0. The SMILES string of the molecule is CCOc1ccc2c(c1)c(CCC(=O)O)cn2S(=O)(=O)c1ccc(C2=CC(Cl)=C(F)CC2)s1. The topological polar surface area (TPSA) is 85.6 Å². The molecule has 174 valence electrons. The van der Waals surface area contributed by atoms with Gasteiger partial charge in [-0.3, -0.25) is 4.79 Å². The molecule has 1 N–H and O–H groups in total. The van der Waals surface area contributed by atoms with Crippen LogP contribution in [-0.2, 0) is 21.2 Å². The minimum Gasteiger partial charge on any atom is -0.494 e. The predicted octanol–water partition coefficient (Wildman–Crippen LogP) is 5.95. The summed E-state index contributed by atoms with van der Waals surface area (Å²) in [6.07, 6.45) is 3.69. The van der Waals surface area contributed by atoms with Gasteiger partial charge in [-0.2, -0.15) is 8.42 Å². The van der Waals surface area contributed by atoms with E-state index < -0.39 is 16.0 Å². The summed E-state index contributed by atoms with van der Waals surface area (Å²) in [5.41, 5.74) is 1.84. The lowest BCUT2D eigenvalue weighted by atomic mass is 10.0. The number of carboxylic acids is 1. The summed E-state index contributed by atoms with van der Waals surface area (Å²) in [5, 5.41) is 9.77. The lowest BCUT2D eigenvalue weighted by Crippen LogP contribution is -2.10. The number of benzene rings is 1. The second kappa shape index (κ2) is 9.32. The monoisotopic (exact) mass is 509 g/mol. The smallest absolute Gasteiger partial charge is 0.303 e. The van der Waals surface area contributed by atoms with Crippen LogP contribution in [0, 0.1) is 0 Å². The molecule has 3 aromatic rings. The van der Waals surface area contributed by atoms with Gasteiger partial charge in [-0.05, 0) is 67.3 Å². The Morgan fingerprint density at radius 1 is 1.27 bits per heavy atom. The van der Waals surface area contributed by atoms with Gasteiger partial charge in [0.2, 0.25) is 0 Å². The highest BCUT2D eigenvalue weighted by molar-refractivity contribution is 7.92. The molecule has 2 heterocycles. The van der Waals surface area contributed by atoms with Crippen LogP contribution in [-0.4, -0.2) is 30.1 Å². The molecule has 0 spiro atoms. The number of carbonyl (C=O) groups is 1. The zero-order valence-corrected chi connectivity index (χ0v) is 20.1. The van der Waals surface area contributed by atoms with Crippen molar-refractivity contribution in [2.45, 2.75) is 36.8 Å². The first kappa shape index (κ1) is 23.5. The Morgan fingerprint density at radius 2 is 2.06 bits per heavy atom. The summed E-state index contributed by atoms with van der Waals surface area (Å²) >= 11 is 7.01. The molecule has 1 aromatic carbocycles. The van der Waals surface area contributed by atoms with Crippen LogP contribution in [0.1, 0.15) is 36.6 Å². The zero-order chi connectivity index (χ0) is 23.8. The number of hydrogen-bond donors (Lipinski definition) is 1. The minimum absolute atomic E-state index is 0.0404. The van der Waals surface area contributed by atoms with Crippen LogP contribution < -0.4 is 4.74 Å². The van der Waals surface area contributed by atoms with Crippen LogP contribution in [0.3, 0.4) is 0 Å². The maximum absolute atomic E-state index is 13.6. The summed E-state index contributed by atoms with van der Waals surface area (Å²) in [5.74, 6) is -0.756. The standard InChI is InChI=1S/C23H21ClFNO5S2/c1-2-31-16-5-7-20-17(12-16)15(4-9-22(27)28)13-26(20)33(29,30)23-10-8-21(32-23)14-3-6-19(25)18(24)11-14/h5,7-8,10-13H,2-4,6,9H2,1H3,(H,27,28). The molecule has 10 heteroatoms. The molecular formula is C23H21ClFNO5S2. The van der Waals surface area contributed by atoms with E-state index in [1.54, 1.807) is 24.3 Å². The van der Waals surface area contributed by atoms with E-state index >= 15 is 0 Å². The van der Waals surface area contributed by atoms with Gasteiger partial charge in [0.1, 0.15) is 15.8 Å². The average molecular weight is 510 g/mol. The number of nitrogens with zero attached hydrogens (tertiary/aromatic N) is 1. The molecule has 0 radical (unpaired) electrons. The predicted molar refractivity (Wildman–Crippen MR) is 127 cm³/mol. The second-order valence-electron chi connectivity index (χ2n) is 7.50. The first-order valence-electron chi connectivity index (χ1n) is 10.3. The summed E-state index contributed by atoms with van der Waals surface area (Å²) in [6.45, 7) is 2.30. The van der Waals surface area contributed by atoms with E-state index in [2.05, 4.69) is 0 Å². The molecular weight excluding hydrogens is 489 g/mol. The van der Waals surface area contributed by atoms with Gasteiger partial charge in [0.15, 0.2) is 0 Å². The van der Waals surface area contributed by atoms with Crippen LogP contribution in [0.5, 0.6) is 5.75 Å². The fourth-order valence-corrected chi connectivity index (χ4v) is 6.79. The molecule has 4 rings (SSSR count). The number of aryl methyl sites for hydroxylation is 1. The third-order valence-electron chi connectivity index (χ3n) is 5.33. The normalized spacial score (nSPS) is 14.6. The molecule has 0 amide bonds. The highest BCUT2D eigenvalue weighted by Crippen LogP contribution is 2.38. The lowest BCUT2D eigenvalue weighted by molar-refractivity contribution is -0.136. The summed E-state index contributed by atoms with van der Waals surface area (Å²) in [6, 6.07) is 8.30. The molecule has 0 fully saturated rings. The van der Waals surface area contributed by atoms with Crippen molar-refractivity contribution in [3.05, 3.63) is 63.9 Å². The van der Waals surface area contributed by atoms with Crippen LogP contribution in [0.2, 0.25) is 0 Å². The van der Waals surface area contributed by atoms with Crippen molar-refractivity contribution < 1.29 is 27.4 Å². The number of allylic oxidation sites excluding steroid dienone is 4. The van der Waals surface area contributed by atoms with Gasteiger partial charge in [-0.25, -0.2) is 8.36 Å². The van der Waals surface area contributed by atoms with E-state index in [0.29, 0.717) is 40.1 Å². The van der Waals surface area contributed by atoms with Crippen molar-refractivity contribution in [2.75, 3.05) is 6.61 Å². The van der Waals surface area contributed by atoms with Crippen molar-refractivity contribution in [3.63, 3.8) is 0 Å². The number of fused-ring (bicyclic) bond motifs is 1. The Bertz CT molecular complexity index is 1400. The number of ether oxygens (including phenoxy) is 1. The molecule has 2 aromatic heterocycles. The van der Waals surface area contributed by atoms with E-state index in [4.69, 9.17) is 21.4 Å². The van der Waals surface area contributed by atoms with Gasteiger partial charge < -0.3 is 9.84 Å². The van der Waals surface area contributed by atoms with Crippen LogP contribution in [0.4, 0.5) is 4.39 Å². The molecule has 1 aliphatic carbocycles. The maximum atomic E-state index is 13.6. The zero-order valence-electron chi connectivity index (χ0n) is 17.7. The lowest BCUT2D eigenvalue weighted by Gasteiger charge is -2.10. The van der Waals surface area contributed by atoms with E-state index in [1.165, 1.54) is 22.3 Å². The number of thiophene rings is 1. The minimum atomic E-state index is -3.95. The van der Waals surface area contributed by atoms with Gasteiger partial charge in [0.05, 0.1) is 17.2 Å². The van der Waals surface area contributed by atoms with E-state index in [1.807, 2.05) is 6.92 Å². The van der Waals surface area contributed by atoms with Crippen LogP contribution in [0.15, 0.2) is 57.7 Å². The van der Waals surface area contributed by atoms with Crippen molar-refractivity contribution in [3.8, 4) is 5.75 Å². The van der Waals surface area contributed by atoms with Crippen molar-refractivity contribution in [1.29, 1.82) is 0 Å². The van der Waals surface area contributed by atoms with Crippen LogP contribution in [0.25, 0.3) is 16.5 Å². The summed E-state index contributed by atoms with van der Waals surface area (Å²) in [4.78, 5) is 11.8. The molecule has 0 bridgehead atoms. The highest BCUT2D eigenvalue weighted by atomic mass is 35.5. The Kier molecular flexibility index (Phi) is 6.65. The Hall–Kier alpha value is -2.62. The molecule has 33 heavy (non-hydrogen) atoms. The van der Waals surface area contributed by atoms with Crippen molar-refractivity contribution in [1.82, 2.24) is 3.97 Å². The van der Waals surface area contributed by atoms with Gasteiger partial charge >= 0.3 is 5.97 Å². The number of carboxylic acid groups (broad SMARTS) is 1. The van der Waals surface area contributed by atoms with E-state index in [9.17, 15) is 17.6 Å². The molecule has 0 atom stereocenters. The molecule has 0 aliphatic heterocycles. The third kappa shape index (κ3) is 4.71. The van der Waals surface area contributed by atoms with Gasteiger partial charge in [0.25, 0.3) is 10.0 Å². The fourth-order valence-electron chi connectivity index (χ4n) is 3.73. The van der Waals surface area contributed by atoms with Gasteiger partial charge in [0, 0.05) is 29.3 Å². The third-order valence-corrected chi connectivity index (χ3v) is 8.94. The quantitative estimate of drug-likeness (QED) is 0.405. The van der Waals surface area contributed by atoms with Crippen molar-refractivity contribution >= 4 is 55.4 Å². The van der Waals surface area contributed by atoms with Crippen LogP contribution >= 0.6 is 22.9 Å². The van der Waals surface area contributed by atoms with Gasteiger partial charge in [-0.15, -0.1) is 11.3 Å². The number of rotatable bonds is 8. The number of halogens is 2. The van der Waals surface area contributed by atoms with E-state index in [-0.39, 0.29) is 34.3 Å². The highest BCUT2D eigenvalue weighted by Gasteiger charge is 2.25. The van der Waals surface area contributed by atoms with E-state index in [0.717, 1.165) is 16.9 Å². The molecule has 0 saturated carbocycles.